The van der Waals surface area contributed by atoms with Crippen molar-refractivity contribution < 1.29 is 14.3 Å². The molecular formula is C12H14FNO2. The monoisotopic (exact) mass is 223 g/mol. The minimum atomic E-state index is -0.562. The highest BCUT2D eigenvalue weighted by Gasteiger charge is 2.49. The second-order valence-corrected chi connectivity index (χ2v) is 4.25. The SMILES string of the molecule is O=C(NCc1cccc(F)c1)C1(CO)CC1. The third-order valence-electron chi connectivity index (χ3n) is 2.98. The van der Waals surface area contributed by atoms with Crippen LogP contribution in [0, 0.1) is 11.2 Å². The first-order valence-corrected chi connectivity index (χ1v) is 5.30. The third kappa shape index (κ3) is 2.22. The van der Waals surface area contributed by atoms with E-state index in [1.165, 1.54) is 12.1 Å². The van der Waals surface area contributed by atoms with Gasteiger partial charge in [0.1, 0.15) is 5.82 Å². The Morgan fingerprint density at radius 1 is 1.50 bits per heavy atom. The Labute approximate surface area is 93.3 Å². The van der Waals surface area contributed by atoms with Crippen molar-refractivity contribution >= 4 is 5.91 Å². The first-order valence-electron chi connectivity index (χ1n) is 5.30. The van der Waals surface area contributed by atoms with Crippen molar-refractivity contribution in [2.45, 2.75) is 19.4 Å². The molecule has 3 nitrogen and oxygen atoms in total. The second-order valence-electron chi connectivity index (χ2n) is 4.25. The molecular weight excluding hydrogens is 209 g/mol. The Morgan fingerprint density at radius 2 is 2.25 bits per heavy atom. The van der Waals surface area contributed by atoms with Crippen LogP contribution in [0.25, 0.3) is 0 Å². The van der Waals surface area contributed by atoms with Crippen LogP contribution in [0.5, 0.6) is 0 Å². The van der Waals surface area contributed by atoms with Gasteiger partial charge in [-0.25, -0.2) is 4.39 Å². The van der Waals surface area contributed by atoms with Crippen molar-refractivity contribution in [2.75, 3.05) is 6.61 Å². The molecule has 16 heavy (non-hydrogen) atoms. The molecule has 0 radical (unpaired) electrons. The van der Waals surface area contributed by atoms with E-state index in [2.05, 4.69) is 5.32 Å². The predicted octanol–water partition coefficient (Wildman–Crippen LogP) is 1.21. The van der Waals surface area contributed by atoms with Gasteiger partial charge in [0.25, 0.3) is 0 Å². The molecule has 1 aliphatic rings. The Hall–Kier alpha value is -1.42. The molecule has 1 aromatic rings. The van der Waals surface area contributed by atoms with Gasteiger partial charge in [0, 0.05) is 6.54 Å². The molecule has 0 atom stereocenters. The molecule has 0 bridgehead atoms. The summed E-state index contributed by atoms with van der Waals surface area (Å²) in [6.45, 7) is 0.195. The van der Waals surface area contributed by atoms with Gasteiger partial charge in [0.2, 0.25) is 5.91 Å². The van der Waals surface area contributed by atoms with E-state index < -0.39 is 5.41 Å². The number of hydrogen-bond donors (Lipinski definition) is 2. The molecule has 2 N–H and O–H groups in total. The molecule has 0 aliphatic heterocycles. The van der Waals surface area contributed by atoms with Gasteiger partial charge >= 0.3 is 0 Å². The number of nitrogens with one attached hydrogen (secondary N) is 1. The van der Waals surface area contributed by atoms with Crippen LogP contribution in [0.2, 0.25) is 0 Å². The summed E-state index contributed by atoms with van der Waals surface area (Å²) in [6.07, 6.45) is 1.47. The summed E-state index contributed by atoms with van der Waals surface area (Å²) in [5, 5.41) is 11.8. The van der Waals surface area contributed by atoms with Crippen LogP contribution in [0.1, 0.15) is 18.4 Å². The van der Waals surface area contributed by atoms with E-state index in [-0.39, 0.29) is 18.3 Å². The Balaban J connectivity index is 1.90. The third-order valence-corrected chi connectivity index (χ3v) is 2.98. The summed E-state index contributed by atoms with van der Waals surface area (Å²) in [5.74, 6) is -0.450. The number of carbonyl (C=O) groups is 1. The van der Waals surface area contributed by atoms with Crippen LogP contribution in [-0.2, 0) is 11.3 Å². The van der Waals surface area contributed by atoms with Crippen molar-refractivity contribution in [2.24, 2.45) is 5.41 Å². The zero-order valence-corrected chi connectivity index (χ0v) is 8.87. The zero-order chi connectivity index (χ0) is 11.6. The van der Waals surface area contributed by atoms with E-state index in [4.69, 9.17) is 5.11 Å². The molecule has 1 amide bonds. The minimum absolute atomic E-state index is 0.109. The largest absolute Gasteiger partial charge is 0.395 e. The van der Waals surface area contributed by atoms with E-state index >= 15 is 0 Å². The Kier molecular flexibility index (Phi) is 2.92. The number of rotatable bonds is 4. The summed E-state index contributed by atoms with van der Waals surface area (Å²) < 4.78 is 12.9. The molecule has 1 aliphatic carbocycles. The van der Waals surface area contributed by atoms with Crippen molar-refractivity contribution in [3.63, 3.8) is 0 Å². The number of aliphatic hydroxyl groups excluding tert-OH is 1. The van der Waals surface area contributed by atoms with Crippen LogP contribution < -0.4 is 5.32 Å². The maximum absolute atomic E-state index is 12.9. The van der Waals surface area contributed by atoms with Gasteiger partial charge in [-0.15, -0.1) is 0 Å². The quantitative estimate of drug-likeness (QED) is 0.806. The van der Waals surface area contributed by atoms with E-state index in [9.17, 15) is 9.18 Å². The average molecular weight is 223 g/mol. The highest BCUT2D eigenvalue weighted by Crippen LogP contribution is 2.45. The average Bonchev–Trinajstić information content (AvgIpc) is 3.07. The fourth-order valence-corrected chi connectivity index (χ4v) is 1.62. The fourth-order valence-electron chi connectivity index (χ4n) is 1.62. The molecule has 0 aromatic heterocycles. The van der Waals surface area contributed by atoms with Gasteiger partial charge < -0.3 is 10.4 Å². The number of hydrogen-bond acceptors (Lipinski definition) is 2. The van der Waals surface area contributed by atoms with Crippen LogP contribution >= 0.6 is 0 Å². The normalized spacial score (nSPS) is 16.9. The molecule has 1 fully saturated rings. The molecule has 0 saturated heterocycles. The summed E-state index contributed by atoms with van der Waals surface area (Å²) >= 11 is 0. The Bertz CT molecular complexity index is 402. The second kappa shape index (κ2) is 4.22. The molecule has 86 valence electrons. The Morgan fingerprint density at radius 3 is 2.81 bits per heavy atom. The molecule has 2 rings (SSSR count). The maximum atomic E-state index is 12.9. The maximum Gasteiger partial charge on any atom is 0.228 e. The number of halogens is 1. The summed E-state index contributed by atoms with van der Waals surface area (Å²) in [5.41, 5.74) is 0.162. The highest BCUT2D eigenvalue weighted by atomic mass is 19.1. The van der Waals surface area contributed by atoms with E-state index in [1.807, 2.05) is 0 Å². The molecule has 0 unspecified atom stereocenters. The smallest absolute Gasteiger partial charge is 0.228 e. The van der Waals surface area contributed by atoms with E-state index in [0.29, 0.717) is 6.54 Å². The first-order chi connectivity index (χ1) is 7.66. The van der Waals surface area contributed by atoms with Gasteiger partial charge in [-0.2, -0.15) is 0 Å². The van der Waals surface area contributed by atoms with E-state index in [0.717, 1.165) is 18.4 Å². The van der Waals surface area contributed by atoms with Gasteiger partial charge in [0.15, 0.2) is 0 Å². The first kappa shape index (κ1) is 11.1. The van der Waals surface area contributed by atoms with Crippen LogP contribution in [0.3, 0.4) is 0 Å². The molecule has 4 heteroatoms. The van der Waals surface area contributed by atoms with Crippen LogP contribution in [-0.4, -0.2) is 17.6 Å². The topological polar surface area (TPSA) is 49.3 Å². The number of benzene rings is 1. The summed E-state index contributed by atoms with van der Waals surface area (Å²) in [6, 6.07) is 6.11. The van der Waals surface area contributed by atoms with Crippen molar-refractivity contribution in [3.05, 3.63) is 35.6 Å². The van der Waals surface area contributed by atoms with Crippen molar-refractivity contribution in [1.29, 1.82) is 0 Å². The lowest BCUT2D eigenvalue weighted by atomic mass is 10.1. The standard InChI is InChI=1S/C12H14FNO2/c13-10-3-1-2-9(6-10)7-14-11(16)12(8-15)4-5-12/h1-3,6,15H,4-5,7-8H2,(H,14,16). The van der Waals surface area contributed by atoms with Crippen molar-refractivity contribution in [1.82, 2.24) is 5.32 Å². The molecule has 0 heterocycles. The van der Waals surface area contributed by atoms with Gasteiger partial charge in [-0.1, -0.05) is 12.1 Å². The lowest BCUT2D eigenvalue weighted by Gasteiger charge is -2.12. The highest BCUT2D eigenvalue weighted by molar-refractivity contribution is 5.85. The molecule has 1 saturated carbocycles. The zero-order valence-electron chi connectivity index (χ0n) is 8.87. The molecule has 0 spiro atoms. The van der Waals surface area contributed by atoms with Gasteiger partial charge in [0.05, 0.1) is 12.0 Å². The molecule has 1 aromatic carbocycles. The lowest BCUT2D eigenvalue weighted by Crippen LogP contribution is -2.33. The number of carbonyl (C=O) groups excluding carboxylic acids is 1. The fraction of sp³-hybridized carbons (Fsp3) is 0.417. The number of aliphatic hydroxyl groups is 1. The van der Waals surface area contributed by atoms with Gasteiger partial charge in [-0.3, -0.25) is 4.79 Å². The number of amides is 1. The van der Waals surface area contributed by atoms with Crippen LogP contribution in [0.15, 0.2) is 24.3 Å². The van der Waals surface area contributed by atoms with Crippen molar-refractivity contribution in [3.8, 4) is 0 Å². The minimum Gasteiger partial charge on any atom is -0.395 e. The van der Waals surface area contributed by atoms with Gasteiger partial charge in [-0.05, 0) is 30.5 Å². The summed E-state index contributed by atoms with van der Waals surface area (Å²) in [7, 11) is 0. The predicted molar refractivity (Wildman–Crippen MR) is 57.0 cm³/mol. The van der Waals surface area contributed by atoms with E-state index in [1.54, 1.807) is 12.1 Å². The lowest BCUT2D eigenvalue weighted by molar-refractivity contribution is -0.127. The summed E-state index contributed by atoms with van der Waals surface area (Å²) in [4.78, 5) is 11.7. The van der Waals surface area contributed by atoms with Crippen LogP contribution in [0.4, 0.5) is 4.39 Å².